The molecule has 1 unspecified atom stereocenters. The van der Waals surface area contributed by atoms with Gasteiger partial charge in [-0.2, -0.15) is 0 Å². The minimum absolute atomic E-state index is 0.0361. The lowest BCUT2D eigenvalue weighted by Gasteiger charge is -2.39. The van der Waals surface area contributed by atoms with E-state index in [9.17, 15) is 9.90 Å². The lowest BCUT2D eigenvalue weighted by atomic mass is 9.93. The van der Waals surface area contributed by atoms with Gasteiger partial charge in [0.05, 0.1) is 6.10 Å². The van der Waals surface area contributed by atoms with E-state index in [1.165, 1.54) is 5.56 Å². The van der Waals surface area contributed by atoms with Crippen LogP contribution < -0.4 is 5.32 Å². The van der Waals surface area contributed by atoms with Crippen LogP contribution in [0.3, 0.4) is 0 Å². The highest BCUT2D eigenvalue weighted by molar-refractivity contribution is 5.75. The molecule has 0 saturated carbocycles. The van der Waals surface area contributed by atoms with Crippen molar-refractivity contribution in [2.24, 2.45) is 0 Å². The van der Waals surface area contributed by atoms with Gasteiger partial charge in [-0.15, -0.1) is 0 Å². The third kappa shape index (κ3) is 4.42. The van der Waals surface area contributed by atoms with Crippen molar-refractivity contribution in [3.05, 3.63) is 30.1 Å². The van der Waals surface area contributed by atoms with E-state index in [2.05, 4.69) is 15.2 Å². The van der Waals surface area contributed by atoms with Gasteiger partial charge in [-0.25, -0.2) is 4.79 Å². The first-order valence-corrected chi connectivity index (χ1v) is 8.55. The van der Waals surface area contributed by atoms with Crippen LogP contribution in [0, 0.1) is 0 Å². The van der Waals surface area contributed by atoms with Gasteiger partial charge in [-0.05, 0) is 50.0 Å². The molecule has 0 aromatic carbocycles. The molecule has 126 valence electrons. The number of carbonyl (C=O) groups is 1. The van der Waals surface area contributed by atoms with Gasteiger partial charge in [0.15, 0.2) is 0 Å². The highest BCUT2D eigenvalue weighted by Crippen LogP contribution is 2.26. The number of nitrogens with one attached hydrogen (secondary N) is 1. The van der Waals surface area contributed by atoms with Crippen molar-refractivity contribution in [3.8, 4) is 0 Å². The molecule has 6 nitrogen and oxygen atoms in total. The maximum atomic E-state index is 12.1. The Morgan fingerprint density at radius 2 is 2.09 bits per heavy atom. The van der Waals surface area contributed by atoms with Crippen molar-refractivity contribution in [2.75, 3.05) is 39.3 Å². The minimum atomic E-state index is -0.176. The fourth-order valence-electron chi connectivity index (χ4n) is 3.33. The van der Waals surface area contributed by atoms with Gasteiger partial charge in [-0.1, -0.05) is 0 Å². The summed E-state index contributed by atoms with van der Waals surface area (Å²) in [4.78, 5) is 20.2. The van der Waals surface area contributed by atoms with Crippen LogP contribution in [0.2, 0.25) is 0 Å². The number of rotatable bonds is 5. The van der Waals surface area contributed by atoms with Gasteiger partial charge >= 0.3 is 6.03 Å². The Kier molecular flexibility index (Phi) is 5.46. The SMILES string of the molecule is O=C(NCCCN1CCCC(O)C1)N1CC(c2ccncc2)C1. The van der Waals surface area contributed by atoms with Crippen molar-refractivity contribution in [2.45, 2.75) is 31.3 Å². The lowest BCUT2D eigenvalue weighted by molar-refractivity contribution is 0.0701. The van der Waals surface area contributed by atoms with Crippen molar-refractivity contribution < 1.29 is 9.90 Å². The molecule has 2 saturated heterocycles. The Morgan fingerprint density at radius 3 is 2.83 bits per heavy atom. The van der Waals surface area contributed by atoms with E-state index in [0.29, 0.717) is 12.5 Å². The first kappa shape index (κ1) is 16.2. The van der Waals surface area contributed by atoms with Gasteiger partial charge in [0.1, 0.15) is 0 Å². The summed E-state index contributed by atoms with van der Waals surface area (Å²) in [6, 6.07) is 4.08. The number of likely N-dealkylation sites (tertiary alicyclic amines) is 2. The normalized spacial score (nSPS) is 22.7. The molecule has 2 fully saturated rings. The molecule has 1 aromatic heterocycles. The molecule has 0 aliphatic carbocycles. The Morgan fingerprint density at radius 1 is 1.30 bits per heavy atom. The number of pyridine rings is 1. The predicted molar refractivity (Wildman–Crippen MR) is 88.2 cm³/mol. The Labute approximate surface area is 137 Å². The molecule has 2 amide bonds. The highest BCUT2D eigenvalue weighted by atomic mass is 16.3. The Balaban J connectivity index is 1.29. The smallest absolute Gasteiger partial charge is 0.317 e. The highest BCUT2D eigenvalue weighted by Gasteiger charge is 2.31. The number of β-amino-alcohol motifs (C(OH)–C–C–N with tert-alkyl or cyclic N) is 1. The summed E-state index contributed by atoms with van der Waals surface area (Å²) >= 11 is 0. The average Bonchev–Trinajstić information content (AvgIpc) is 2.51. The monoisotopic (exact) mass is 318 g/mol. The van der Waals surface area contributed by atoms with E-state index in [0.717, 1.165) is 52.0 Å². The second-order valence-electron chi connectivity index (χ2n) is 6.56. The molecular weight excluding hydrogens is 292 g/mol. The summed E-state index contributed by atoms with van der Waals surface area (Å²) in [5.74, 6) is 0.443. The zero-order chi connectivity index (χ0) is 16.1. The molecule has 2 aliphatic heterocycles. The van der Waals surface area contributed by atoms with Crippen LogP contribution in [-0.2, 0) is 0 Å². The lowest BCUT2D eigenvalue weighted by Crippen LogP contribution is -2.52. The number of nitrogens with zero attached hydrogens (tertiary/aromatic N) is 3. The zero-order valence-electron chi connectivity index (χ0n) is 13.5. The molecule has 6 heteroatoms. The van der Waals surface area contributed by atoms with Crippen LogP contribution in [0.25, 0.3) is 0 Å². The largest absolute Gasteiger partial charge is 0.392 e. The fraction of sp³-hybridized carbons (Fsp3) is 0.647. The number of aliphatic hydroxyl groups is 1. The number of urea groups is 1. The number of amides is 2. The van der Waals surface area contributed by atoms with Gasteiger partial charge in [0.25, 0.3) is 0 Å². The average molecular weight is 318 g/mol. The van der Waals surface area contributed by atoms with Gasteiger partial charge < -0.3 is 20.2 Å². The molecule has 2 N–H and O–H groups in total. The maximum Gasteiger partial charge on any atom is 0.317 e. The summed E-state index contributed by atoms with van der Waals surface area (Å²) in [6.45, 7) is 5.04. The molecule has 3 heterocycles. The standard InChI is InChI=1S/C17H26N4O2/c22-16-3-1-9-20(13-16)10-2-6-19-17(23)21-11-15(12-21)14-4-7-18-8-5-14/h4-5,7-8,15-16,22H,1-3,6,9-13H2,(H,19,23). The summed E-state index contributed by atoms with van der Waals surface area (Å²) < 4.78 is 0. The summed E-state index contributed by atoms with van der Waals surface area (Å²) in [7, 11) is 0. The van der Waals surface area contributed by atoms with E-state index in [1.54, 1.807) is 12.4 Å². The van der Waals surface area contributed by atoms with E-state index >= 15 is 0 Å². The molecule has 0 bridgehead atoms. The van der Waals surface area contributed by atoms with Crippen molar-refractivity contribution in [3.63, 3.8) is 0 Å². The third-order valence-corrected chi connectivity index (χ3v) is 4.75. The molecule has 0 radical (unpaired) electrons. The number of hydrogen-bond acceptors (Lipinski definition) is 4. The van der Waals surface area contributed by atoms with Crippen LogP contribution >= 0.6 is 0 Å². The number of piperidine rings is 1. The van der Waals surface area contributed by atoms with Crippen LogP contribution in [0.1, 0.15) is 30.7 Å². The van der Waals surface area contributed by atoms with Crippen LogP contribution in [0.4, 0.5) is 4.79 Å². The van der Waals surface area contributed by atoms with Crippen molar-refractivity contribution in [1.82, 2.24) is 20.1 Å². The molecule has 1 aromatic rings. The minimum Gasteiger partial charge on any atom is -0.392 e. The van der Waals surface area contributed by atoms with Crippen LogP contribution in [-0.4, -0.2) is 71.3 Å². The number of hydrogen-bond donors (Lipinski definition) is 2. The number of carbonyl (C=O) groups excluding carboxylic acids is 1. The van der Waals surface area contributed by atoms with E-state index in [-0.39, 0.29) is 12.1 Å². The summed E-state index contributed by atoms with van der Waals surface area (Å²) in [5.41, 5.74) is 1.26. The molecular formula is C17H26N4O2. The quantitative estimate of drug-likeness (QED) is 0.796. The first-order valence-electron chi connectivity index (χ1n) is 8.55. The first-order chi connectivity index (χ1) is 11.2. The molecule has 23 heavy (non-hydrogen) atoms. The van der Waals surface area contributed by atoms with Crippen LogP contribution in [0.15, 0.2) is 24.5 Å². The second-order valence-corrected chi connectivity index (χ2v) is 6.56. The molecule has 0 spiro atoms. The van der Waals surface area contributed by atoms with Crippen molar-refractivity contribution >= 4 is 6.03 Å². The molecule has 2 aliphatic rings. The fourth-order valence-corrected chi connectivity index (χ4v) is 3.33. The summed E-state index contributed by atoms with van der Waals surface area (Å²) in [5, 5.41) is 12.6. The van der Waals surface area contributed by atoms with E-state index in [1.807, 2.05) is 17.0 Å². The zero-order valence-corrected chi connectivity index (χ0v) is 13.5. The number of aromatic nitrogens is 1. The molecule has 1 atom stereocenters. The van der Waals surface area contributed by atoms with Gasteiger partial charge in [0, 0.05) is 44.5 Å². The predicted octanol–water partition coefficient (Wildman–Crippen LogP) is 1.04. The summed E-state index contributed by atoms with van der Waals surface area (Å²) in [6.07, 6.45) is 6.34. The van der Waals surface area contributed by atoms with Crippen molar-refractivity contribution in [1.29, 1.82) is 0 Å². The van der Waals surface area contributed by atoms with E-state index < -0.39 is 0 Å². The second kappa shape index (κ2) is 7.75. The number of aliphatic hydroxyl groups excluding tert-OH is 1. The van der Waals surface area contributed by atoms with Crippen LogP contribution in [0.5, 0.6) is 0 Å². The topological polar surface area (TPSA) is 68.7 Å². The Hall–Kier alpha value is -1.66. The van der Waals surface area contributed by atoms with E-state index in [4.69, 9.17) is 0 Å². The molecule has 3 rings (SSSR count). The maximum absolute atomic E-state index is 12.1. The van der Waals surface area contributed by atoms with Gasteiger partial charge in [-0.3, -0.25) is 4.98 Å². The third-order valence-electron chi connectivity index (χ3n) is 4.75. The Bertz CT molecular complexity index is 505. The van der Waals surface area contributed by atoms with Gasteiger partial charge in [0.2, 0.25) is 0 Å².